The minimum Gasteiger partial charge on any atom is -0.494 e. The standard InChI is InChI=1S/C21H31N3O2/c1-17(2)24-21(25)12-11-20(22-24)18-7-9-19(10-8-18)26-16-6-15-23-13-4-3-5-14-23/h7-10,17H,3-6,11-16H2,1-2H3. The predicted molar refractivity (Wildman–Crippen MR) is 105 cm³/mol. The Morgan fingerprint density at radius 3 is 2.50 bits per heavy atom. The minimum atomic E-state index is 0.0975. The van der Waals surface area contributed by atoms with Crippen molar-refractivity contribution < 1.29 is 9.53 Å². The molecule has 1 aromatic carbocycles. The highest BCUT2D eigenvalue weighted by molar-refractivity contribution is 6.04. The molecule has 1 amide bonds. The van der Waals surface area contributed by atoms with Crippen LogP contribution < -0.4 is 4.74 Å². The number of rotatable bonds is 7. The Hall–Kier alpha value is -1.88. The van der Waals surface area contributed by atoms with Gasteiger partial charge in [-0.25, -0.2) is 5.01 Å². The fraction of sp³-hybridized carbons (Fsp3) is 0.619. The van der Waals surface area contributed by atoms with E-state index in [0.29, 0.717) is 12.8 Å². The van der Waals surface area contributed by atoms with Gasteiger partial charge in [0.1, 0.15) is 5.75 Å². The van der Waals surface area contributed by atoms with Gasteiger partial charge in [0.05, 0.1) is 12.3 Å². The molecule has 0 aromatic heterocycles. The Kier molecular flexibility index (Phi) is 6.67. The zero-order valence-corrected chi connectivity index (χ0v) is 16.1. The van der Waals surface area contributed by atoms with Gasteiger partial charge < -0.3 is 9.64 Å². The van der Waals surface area contributed by atoms with Gasteiger partial charge in [-0.05, 0) is 76.0 Å². The summed E-state index contributed by atoms with van der Waals surface area (Å²) in [6, 6.07) is 8.21. The van der Waals surface area contributed by atoms with Crippen molar-refractivity contribution in [3.05, 3.63) is 29.8 Å². The number of hydrazone groups is 1. The van der Waals surface area contributed by atoms with Crippen LogP contribution in [0.2, 0.25) is 0 Å². The molecule has 3 rings (SSSR count). The maximum Gasteiger partial charge on any atom is 0.243 e. The van der Waals surface area contributed by atoms with Crippen molar-refractivity contribution in [3.8, 4) is 5.75 Å². The second-order valence-corrected chi connectivity index (χ2v) is 7.51. The van der Waals surface area contributed by atoms with Crippen LogP contribution in [0.5, 0.6) is 5.75 Å². The molecule has 2 aliphatic rings. The van der Waals surface area contributed by atoms with E-state index in [9.17, 15) is 4.79 Å². The van der Waals surface area contributed by atoms with E-state index >= 15 is 0 Å². The Morgan fingerprint density at radius 2 is 1.81 bits per heavy atom. The van der Waals surface area contributed by atoms with Crippen molar-refractivity contribution in [2.75, 3.05) is 26.2 Å². The summed E-state index contributed by atoms with van der Waals surface area (Å²) in [7, 11) is 0. The van der Waals surface area contributed by atoms with E-state index in [2.05, 4.69) is 10.0 Å². The summed E-state index contributed by atoms with van der Waals surface area (Å²) in [4.78, 5) is 14.5. The van der Waals surface area contributed by atoms with Crippen LogP contribution in [0.25, 0.3) is 0 Å². The van der Waals surface area contributed by atoms with Gasteiger partial charge in [0.15, 0.2) is 0 Å². The molecule has 1 aromatic rings. The quantitative estimate of drug-likeness (QED) is 0.699. The molecule has 0 N–H and O–H groups in total. The molecule has 1 saturated heterocycles. The summed E-state index contributed by atoms with van der Waals surface area (Å²) in [5, 5.41) is 6.14. The first kappa shape index (κ1) is 18.9. The molecule has 2 aliphatic heterocycles. The third kappa shape index (κ3) is 5.07. The maximum absolute atomic E-state index is 11.9. The second-order valence-electron chi connectivity index (χ2n) is 7.51. The molecule has 0 aliphatic carbocycles. The third-order valence-electron chi connectivity index (χ3n) is 5.07. The predicted octanol–water partition coefficient (Wildman–Crippen LogP) is 3.68. The first-order valence-electron chi connectivity index (χ1n) is 9.98. The molecule has 0 bridgehead atoms. The van der Waals surface area contributed by atoms with Gasteiger partial charge in [-0.15, -0.1) is 0 Å². The van der Waals surface area contributed by atoms with Crippen molar-refractivity contribution in [2.24, 2.45) is 5.10 Å². The van der Waals surface area contributed by atoms with Crippen LogP contribution >= 0.6 is 0 Å². The van der Waals surface area contributed by atoms with Crippen molar-refractivity contribution in [1.82, 2.24) is 9.91 Å². The lowest BCUT2D eigenvalue weighted by molar-refractivity contribution is -0.133. The molecule has 142 valence electrons. The van der Waals surface area contributed by atoms with Crippen LogP contribution in [0.15, 0.2) is 29.4 Å². The first-order valence-corrected chi connectivity index (χ1v) is 9.98. The molecule has 26 heavy (non-hydrogen) atoms. The molecule has 0 spiro atoms. The largest absolute Gasteiger partial charge is 0.494 e. The fourth-order valence-corrected chi connectivity index (χ4v) is 3.59. The number of amides is 1. The number of nitrogens with zero attached hydrogens (tertiary/aromatic N) is 3. The summed E-state index contributed by atoms with van der Waals surface area (Å²) in [5.41, 5.74) is 2.05. The van der Waals surface area contributed by atoms with Crippen molar-refractivity contribution >= 4 is 11.6 Å². The SMILES string of the molecule is CC(C)N1N=C(c2ccc(OCCCN3CCCCC3)cc2)CCC1=O. The van der Waals surface area contributed by atoms with E-state index in [0.717, 1.165) is 36.6 Å². The molecule has 0 saturated carbocycles. The van der Waals surface area contributed by atoms with Crippen LogP contribution in [0.1, 0.15) is 57.9 Å². The lowest BCUT2D eigenvalue weighted by atomic mass is 10.0. The summed E-state index contributed by atoms with van der Waals surface area (Å²) >= 11 is 0. The number of likely N-dealkylation sites (tertiary alicyclic amines) is 1. The number of carbonyl (C=O) groups is 1. The normalized spacial score (nSPS) is 19.0. The zero-order valence-electron chi connectivity index (χ0n) is 16.1. The lowest BCUT2D eigenvalue weighted by Gasteiger charge is -2.27. The monoisotopic (exact) mass is 357 g/mol. The highest BCUT2D eigenvalue weighted by Gasteiger charge is 2.23. The van der Waals surface area contributed by atoms with E-state index in [4.69, 9.17) is 4.74 Å². The van der Waals surface area contributed by atoms with Crippen molar-refractivity contribution in [1.29, 1.82) is 0 Å². The fourth-order valence-electron chi connectivity index (χ4n) is 3.59. The average molecular weight is 357 g/mol. The van der Waals surface area contributed by atoms with Gasteiger partial charge in [0, 0.05) is 25.4 Å². The van der Waals surface area contributed by atoms with Crippen LogP contribution in [-0.2, 0) is 4.79 Å². The Bertz CT molecular complexity index is 619. The molecular weight excluding hydrogens is 326 g/mol. The van der Waals surface area contributed by atoms with Crippen LogP contribution in [0.4, 0.5) is 0 Å². The van der Waals surface area contributed by atoms with Gasteiger partial charge in [-0.3, -0.25) is 4.79 Å². The minimum absolute atomic E-state index is 0.0975. The molecule has 5 nitrogen and oxygen atoms in total. The summed E-state index contributed by atoms with van der Waals surface area (Å²) in [5.74, 6) is 1.01. The zero-order chi connectivity index (χ0) is 18.4. The number of benzene rings is 1. The molecule has 5 heteroatoms. The Balaban J connectivity index is 1.48. The number of hydrogen-bond acceptors (Lipinski definition) is 4. The van der Waals surface area contributed by atoms with Crippen molar-refractivity contribution in [2.45, 2.75) is 58.4 Å². The van der Waals surface area contributed by atoms with Crippen LogP contribution in [-0.4, -0.2) is 53.8 Å². The number of ether oxygens (including phenoxy) is 1. The van der Waals surface area contributed by atoms with E-state index in [1.54, 1.807) is 5.01 Å². The van der Waals surface area contributed by atoms with Gasteiger partial charge in [0.2, 0.25) is 5.91 Å². The third-order valence-corrected chi connectivity index (χ3v) is 5.07. The highest BCUT2D eigenvalue weighted by atomic mass is 16.5. The molecule has 0 unspecified atom stereocenters. The number of hydrogen-bond donors (Lipinski definition) is 0. The second kappa shape index (κ2) is 9.17. The highest BCUT2D eigenvalue weighted by Crippen LogP contribution is 2.20. The van der Waals surface area contributed by atoms with Crippen molar-refractivity contribution in [3.63, 3.8) is 0 Å². The van der Waals surface area contributed by atoms with Gasteiger partial charge in [0.25, 0.3) is 0 Å². The topological polar surface area (TPSA) is 45.1 Å². The van der Waals surface area contributed by atoms with Gasteiger partial charge in [-0.2, -0.15) is 5.10 Å². The Labute approximate surface area is 157 Å². The Morgan fingerprint density at radius 1 is 1.08 bits per heavy atom. The lowest BCUT2D eigenvalue weighted by Crippen LogP contribution is -2.36. The average Bonchev–Trinajstić information content (AvgIpc) is 2.67. The van der Waals surface area contributed by atoms with Gasteiger partial charge >= 0.3 is 0 Å². The van der Waals surface area contributed by atoms with E-state index in [-0.39, 0.29) is 11.9 Å². The molecular formula is C21H31N3O2. The maximum atomic E-state index is 11.9. The van der Waals surface area contributed by atoms with E-state index in [1.807, 2.05) is 38.1 Å². The first-order chi connectivity index (χ1) is 12.6. The summed E-state index contributed by atoms with van der Waals surface area (Å²) in [6.07, 6.45) is 6.37. The molecule has 1 fully saturated rings. The van der Waals surface area contributed by atoms with E-state index < -0.39 is 0 Å². The molecule has 0 radical (unpaired) electrons. The van der Waals surface area contributed by atoms with Crippen LogP contribution in [0.3, 0.4) is 0 Å². The summed E-state index contributed by atoms with van der Waals surface area (Å²) < 4.78 is 5.88. The molecule has 0 atom stereocenters. The summed E-state index contributed by atoms with van der Waals surface area (Å²) in [6.45, 7) is 8.36. The van der Waals surface area contributed by atoms with Crippen LogP contribution in [0, 0.1) is 0 Å². The van der Waals surface area contributed by atoms with E-state index in [1.165, 1.54) is 32.4 Å². The number of carbonyl (C=O) groups excluding carboxylic acids is 1. The van der Waals surface area contributed by atoms with Gasteiger partial charge in [-0.1, -0.05) is 6.42 Å². The number of piperidine rings is 1. The smallest absolute Gasteiger partial charge is 0.243 e. The molecule has 2 heterocycles.